The van der Waals surface area contributed by atoms with E-state index in [9.17, 15) is 0 Å². The van der Waals surface area contributed by atoms with Crippen molar-refractivity contribution in [2.75, 3.05) is 0 Å². The predicted molar refractivity (Wildman–Crippen MR) is 6.92 cm³/mol. The second-order valence-corrected chi connectivity index (χ2v) is 1.71. The molecule has 7 heteroatoms. The zero-order valence-electron chi connectivity index (χ0n) is 4.80. The van der Waals surface area contributed by atoms with Crippen LogP contribution in [0.1, 0.15) is 1.43 Å². The molecular weight excluding hydrogens is 191 g/mol. The first-order valence-electron chi connectivity index (χ1n) is 0.647. The zero-order chi connectivity index (χ0) is 4.50. The summed E-state index contributed by atoms with van der Waals surface area (Å²) in [5.41, 5.74) is 0. The normalized spacial score (nSPS) is 8.29. The first kappa shape index (κ1) is 15.7. The van der Waals surface area contributed by atoms with Crippen LogP contribution in [0.3, 0.4) is 0 Å². The van der Waals surface area contributed by atoms with E-state index in [-0.39, 0.29) is 39.8 Å². The fraction of sp³-hybridized carbons (Fsp3) is 0. The van der Waals surface area contributed by atoms with E-state index in [4.69, 9.17) is 16.0 Å². The molecule has 0 saturated carbocycles. The van der Waals surface area contributed by atoms with Crippen LogP contribution >= 0.6 is 0 Å². The molecule has 0 spiro atoms. The molecule has 0 aliphatic carbocycles. The minimum absolute atomic E-state index is 0. The summed E-state index contributed by atoms with van der Waals surface area (Å²) < 4.78 is 31.8. The third-order valence-electron chi connectivity index (χ3n) is 0. The Morgan fingerprint density at radius 1 is 1.29 bits per heavy atom. The van der Waals surface area contributed by atoms with Gasteiger partial charge in [0.05, 0.1) is 0 Å². The maximum Gasteiger partial charge on any atom is 0 e. The average molecular weight is 194 g/mol. The first-order valence-corrected chi connectivity index (χ1v) is 2.67. The SMILES string of the molecule is [H-].[Li+].[O]=[Mn](=[O])([OH])[OH].[Zn]. The van der Waals surface area contributed by atoms with Crippen molar-refractivity contribution in [3.05, 3.63) is 0 Å². The Morgan fingerprint density at radius 3 is 1.29 bits per heavy atom. The maximum absolute atomic E-state index is 8.80. The quantitative estimate of drug-likeness (QED) is 0.383. The van der Waals surface area contributed by atoms with Crippen molar-refractivity contribution in [3.63, 3.8) is 0 Å². The second-order valence-electron chi connectivity index (χ2n) is 0.415. The van der Waals surface area contributed by atoms with Gasteiger partial charge in [-0.15, -0.1) is 0 Å². The molecule has 7 heavy (non-hydrogen) atoms. The summed E-state index contributed by atoms with van der Waals surface area (Å²) in [7, 11) is 0. The Bertz CT molecular complexity index is 99.2. The third-order valence-corrected chi connectivity index (χ3v) is 0. The second kappa shape index (κ2) is 5.40. The average Bonchev–Trinajstić information content (AvgIpc) is 0.722. The van der Waals surface area contributed by atoms with Crippen molar-refractivity contribution in [1.82, 2.24) is 0 Å². The minimum atomic E-state index is -5.12. The Labute approximate surface area is 69.0 Å². The molecule has 0 radical (unpaired) electrons. The molecule has 0 aromatic carbocycles. The molecule has 37 valence electrons. The van der Waals surface area contributed by atoms with Crippen LogP contribution in [-0.2, 0) is 40.5 Å². The fourth-order valence-corrected chi connectivity index (χ4v) is 0. The van der Waals surface area contributed by atoms with Crippen LogP contribution < -0.4 is 18.9 Å². The molecule has 0 saturated heterocycles. The van der Waals surface area contributed by atoms with Crippen LogP contribution in [0.4, 0.5) is 0 Å². The van der Waals surface area contributed by atoms with Crippen molar-refractivity contribution in [2.24, 2.45) is 0 Å². The molecule has 0 fully saturated rings. The summed E-state index contributed by atoms with van der Waals surface area (Å²) in [5, 5.41) is 0. The first-order chi connectivity index (χ1) is 2.00. The van der Waals surface area contributed by atoms with E-state index in [1.54, 1.807) is 0 Å². The molecule has 0 rings (SSSR count). The van der Waals surface area contributed by atoms with Gasteiger partial charge < -0.3 is 1.43 Å². The van der Waals surface area contributed by atoms with Crippen LogP contribution in [0, 0.1) is 0 Å². The zero-order valence-corrected chi connectivity index (χ0v) is 7.94. The van der Waals surface area contributed by atoms with E-state index in [1.165, 1.54) is 0 Å². The van der Waals surface area contributed by atoms with Gasteiger partial charge in [-0.05, 0) is 0 Å². The van der Waals surface area contributed by atoms with E-state index in [0.29, 0.717) is 0 Å². The Balaban J connectivity index is -0.0000000267. The monoisotopic (exact) mass is 193 g/mol. The third kappa shape index (κ3) is 126. The fourth-order valence-electron chi connectivity index (χ4n) is 0. The molecule has 0 atom stereocenters. The number of hydrogen-bond acceptors (Lipinski definition) is 2. The van der Waals surface area contributed by atoms with E-state index in [2.05, 4.69) is 0 Å². The van der Waals surface area contributed by atoms with Gasteiger partial charge in [-0.1, -0.05) is 0 Å². The Morgan fingerprint density at radius 2 is 1.29 bits per heavy atom. The van der Waals surface area contributed by atoms with Crippen LogP contribution in [-0.4, -0.2) is 8.38 Å². The van der Waals surface area contributed by atoms with Crippen LogP contribution in [0.15, 0.2) is 0 Å². The summed E-state index contributed by atoms with van der Waals surface area (Å²) in [6.45, 7) is 0. The molecule has 0 aliphatic rings. The van der Waals surface area contributed by atoms with Gasteiger partial charge in [-0.3, -0.25) is 0 Å². The van der Waals surface area contributed by atoms with E-state index in [1.807, 2.05) is 0 Å². The van der Waals surface area contributed by atoms with Crippen molar-refractivity contribution in [3.8, 4) is 0 Å². The summed E-state index contributed by atoms with van der Waals surface area (Å²) in [6.07, 6.45) is 0. The predicted octanol–water partition coefficient (Wildman–Crippen LogP) is -4.24. The summed E-state index contributed by atoms with van der Waals surface area (Å²) in [6, 6.07) is 0. The molecule has 0 aromatic rings. The Hall–Kier alpha value is 1.26. The molecule has 0 heterocycles. The van der Waals surface area contributed by atoms with Gasteiger partial charge in [-0.25, -0.2) is 0 Å². The topological polar surface area (TPSA) is 74.6 Å². The molecule has 0 aliphatic heterocycles. The van der Waals surface area contributed by atoms with Crippen LogP contribution in [0.25, 0.3) is 0 Å². The van der Waals surface area contributed by atoms with Gasteiger partial charge in [-0.2, -0.15) is 0 Å². The molecule has 0 amide bonds. The van der Waals surface area contributed by atoms with E-state index < -0.39 is 13.4 Å². The molecule has 4 nitrogen and oxygen atoms in total. The van der Waals surface area contributed by atoms with Crippen LogP contribution in [0.2, 0.25) is 0 Å². The van der Waals surface area contributed by atoms with Gasteiger partial charge >= 0.3 is 48.3 Å². The minimum Gasteiger partial charge on any atom is 0 e. The standard InChI is InChI=1S/Li.Mn.2H2O.2O.Zn.H/h;;2*1H2;;;;/q+1;+2;;;;;;-1/p-2. The largest absolute Gasteiger partial charge is 0 e. The molecule has 0 unspecified atom stereocenters. The van der Waals surface area contributed by atoms with Gasteiger partial charge in [0.15, 0.2) is 0 Å². The molecular formula is H3LiMnO4Zn. The summed E-state index contributed by atoms with van der Waals surface area (Å²) in [5.74, 6) is 0. The van der Waals surface area contributed by atoms with Crippen molar-refractivity contribution in [2.45, 2.75) is 0 Å². The van der Waals surface area contributed by atoms with Gasteiger partial charge in [0.1, 0.15) is 0 Å². The molecule has 0 aromatic heterocycles. The summed E-state index contributed by atoms with van der Waals surface area (Å²) in [4.78, 5) is 0. The molecule has 2 N–H and O–H groups in total. The van der Waals surface area contributed by atoms with Gasteiger partial charge in [0.25, 0.3) is 0 Å². The Kier molecular flexibility index (Phi) is 12.1. The smallest absolute Gasteiger partial charge is 0 e. The maximum atomic E-state index is 8.80. The number of rotatable bonds is 0. The van der Waals surface area contributed by atoms with Crippen molar-refractivity contribution in [1.29, 1.82) is 0 Å². The van der Waals surface area contributed by atoms with Crippen LogP contribution in [0.5, 0.6) is 0 Å². The number of hydrogen-bond donors (Lipinski definition) is 2. The van der Waals surface area contributed by atoms with Crippen molar-refractivity contribution < 1.29 is 69.2 Å². The van der Waals surface area contributed by atoms with Gasteiger partial charge in [0.2, 0.25) is 0 Å². The van der Waals surface area contributed by atoms with Gasteiger partial charge in [0, 0.05) is 19.5 Å². The van der Waals surface area contributed by atoms with E-state index in [0.717, 1.165) is 0 Å². The van der Waals surface area contributed by atoms with Crippen molar-refractivity contribution >= 4 is 0 Å². The van der Waals surface area contributed by atoms with E-state index >= 15 is 0 Å². The molecule has 0 bridgehead atoms. The summed E-state index contributed by atoms with van der Waals surface area (Å²) >= 11 is -5.12.